The maximum atomic E-state index is 14.0. The molecule has 0 radical (unpaired) electrons. The monoisotopic (exact) mass is 402 g/mol. The highest BCUT2D eigenvalue weighted by atomic mass is 19.3. The van der Waals surface area contributed by atoms with Crippen LogP contribution in [0.5, 0.6) is 0 Å². The zero-order valence-corrected chi connectivity index (χ0v) is 15.8. The van der Waals surface area contributed by atoms with Crippen LogP contribution < -0.4 is 5.32 Å². The molecule has 1 amide bonds. The molecule has 1 aliphatic carbocycles. The molecule has 4 nitrogen and oxygen atoms in total. The molecule has 29 heavy (non-hydrogen) atoms. The maximum absolute atomic E-state index is 14.0. The maximum Gasteiger partial charge on any atom is 0.255 e. The first-order chi connectivity index (χ1) is 13.9. The number of nitrogens with one attached hydrogen (secondary N) is 1. The largest absolute Gasteiger partial charge is 0.371 e. The topological polar surface area (TPSA) is 41.6 Å². The number of benzene rings is 2. The fourth-order valence-electron chi connectivity index (χ4n) is 4.30. The number of nitrogens with zero attached hydrogens (tertiary/aromatic N) is 1. The molecular formula is C22H21F3N2O2. The Morgan fingerprint density at radius 3 is 2.79 bits per heavy atom. The summed E-state index contributed by atoms with van der Waals surface area (Å²) in [7, 11) is 0. The van der Waals surface area contributed by atoms with Crippen LogP contribution in [-0.2, 0) is 17.8 Å². The van der Waals surface area contributed by atoms with Gasteiger partial charge in [0, 0.05) is 38.2 Å². The SMILES string of the molecule is O=C1NCc2cc(C3CN(Cc4cc(F)cc(C5CC5(F)F)c4)CCO3)ccc21. The van der Waals surface area contributed by atoms with Crippen LogP contribution in [0.25, 0.3) is 0 Å². The first-order valence-corrected chi connectivity index (χ1v) is 9.81. The third kappa shape index (κ3) is 3.65. The van der Waals surface area contributed by atoms with Crippen LogP contribution in [0.4, 0.5) is 13.2 Å². The van der Waals surface area contributed by atoms with Crippen LogP contribution in [0.2, 0.25) is 0 Å². The Labute approximate surface area is 166 Å². The van der Waals surface area contributed by atoms with E-state index in [1.807, 2.05) is 18.2 Å². The summed E-state index contributed by atoms with van der Waals surface area (Å²) in [6, 6.07) is 10.1. The van der Waals surface area contributed by atoms with Gasteiger partial charge in [-0.05, 0) is 40.5 Å². The summed E-state index contributed by atoms with van der Waals surface area (Å²) in [5, 5.41) is 2.81. The van der Waals surface area contributed by atoms with Crippen molar-refractivity contribution in [3.63, 3.8) is 0 Å². The van der Waals surface area contributed by atoms with E-state index in [2.05, 4.69) is 10.2 Å². The van der Waals surface area contributed by atoms with Crippen LogP contribution in [0.3, 0.4) is 0 Å². The van der Waals surface area contributed by atoms with Crippen molar-refractivity contribution in [3.05, 3.63) is 70.0 Å². The second kappa shape index (κ2) is 6.85. The Kier molecular flexibility index (Phi) is 4.40. The molecular weight excluding hydrogens is 381 g/mol. The van der Waals surface area contributed by atoms with Crippen LogP contribution >= 0.6 is 0 Å². The number of hydrogen-bond donors (Lipinski definition) is 1. The molecule has 1 N–H and O–H groups in total. The number of morpholine rings is 1. The fourth-order valence-corrected chi connectivity index (χ4v) is 4.30. The average Bonchev–Trinajstić information content (AvgIpc) is 3.18. The minimum absolute atomic E-state index is 0.0547. The molecule has 0 bridgehead atoms. The van der Waals surface area contributed by atoms with Gasteiger partial charge in [-0.15, -0.1) is 0 Å². The van der Waals surface area contributed by atoms with E-state index in [1.165, 1.54) is 12.1 Å². The molecule has 3 aliphatic rings. The molecule has 1 saturated heterocycles. The molecule has 2 aliphatic heterocycles. The average molecular weight is 402 g/mol. The molecule has 0 spiro atoms. The number of amides is 1. The van der Waals surface area contributed by atoms with Gasteiger partial charge in [-0.25, -0.2) is 13.2 Å². The summed E-state index contributed by atoms with van der Waals surface area (Å²) in [5.41, 5.74) is 3.75. The van der Waals surface area contributed by atoms with Crippen molar-refractivity contribution < 1.29 is 22.7 Å². The molecule has 5 rings (SSSR count). The molecule has 2 aromatic carbocycles. The number of hydrogen-bond acceptors (Lipinski definition) is 3. The predicted molar refractivity (Wildman–Crippen MR) is 100 cm³/mol. The molecule has 2 atom stereocenters. The highest BCUT2D eigenvalue weighted by molar-refractivity contribution is 5.98. The number of carbonyl (C=O) groups is 1. The van der Waals surface area contributed by atoms with Crippen molar-refractivity contribution in [2.75, 3.05) is 19.7 Å². The Hall–Kier alpha value is -2.38. The minimum Gasteiger partial charge on any atom is -0.371 e. The van der Waals surface area contributed by atoms with E-state index in [-0.39, 0.29) is 18.4 Å². The van der Waals surface area contributed by atoms with Gasteiger partial charge >= 0.3 is 0 Å². The molecule has 2 aromatic rings. The highest BCUT2D eigenvalue weighted by Gasteiger charge is 2.57. The van der Waals surface area contributed by atoms with Crippen molar-refractivity contribution in [1.29, 1.82) is 0 Å². The van der Waals surface area contributed by atoms with Gasteiger partial charge in [-0.1, -0.05) is 18.2 Å². The van der Waals surface area contributed by atoms with E-state index in [9.17, 15) is 18.0 Å². The number of alkyl halides is 2. The Morgan fingerprint density at radius 2 is 2.00 bits per heavy atom. The predicted octanol–water partition coefficient (Wildman–Crippen LogP) is 3.77. The van der Waals surface area contributed by atoms with Crippen LogP contribution in [0.15, 0.2) is 36.4 Å². The lowest BCUT2D eigenvalue weighted by Crippen LogP contribution is -2.37. The first-order valence-electron chi connectivity index (χ1n) is 9.81. The number of rotatable bonds is 4. The lowest BCUT2D eigenvalue weighted by atomic mass is 10.0. The molecule has 7 heteroatoms. The van der Waals surface area contributed by atoms with Crippen molar-refractivity contribution in [3.8, 4) is 0 Å². The summed E-state index contributed by atoms with van der Waals surface area (Å²) < 4.78 is 46.7. The van der Waals surface area contributed by atoms with E-state index < -0.39 is 17.7 Å². The smallest absolute Gasteiger partial charge is 0.255 e. The number of fused-ring (bicyclic) bond motifs is 1. The molecule has 152 valence electrons. The zero-order chi connectivity index (χ0) is 20.2. The first kappa shape index (κ1) is 18.6. The molecule has 2 heterocycles. The summed E-state index contributed by atoms with van der Waals surface area (Å²) in [6.45, 7) is 2.84. The van der Waals surface area contributed by atoms with Crippen LogP contribution in [0, 0.1) is 5.82 Å². The van der Waals surface area contributed by atoms with Crippen LogP contribution in [0.1, 0.15) is 51.1 Å². The Bertz CT molecular complexity index is 979. The quantitative estimate of drug-likeness (QED) is 0.847. The summed E-state index contributed by atoms with van der Waals surface area (Å²) in [6.07, 6.45) is -0.351. The van der Waals surface area contributed by atoms with Gasteiger partial charge in [0.2, 0.25) is 0 Å². The van der Waals surface area contributed by atoms with Crippen molar-refractivity contribution in [1.82, 2.24) is 10.2 Å². The summed E-state index contributed by atoms with van der Waals surface area (Å²) in [5.74, 6) is -4.10. The van der Waals surface area contributed by atoms with E-state index in [4.69, 9.17) is 4.74 Å². The van der Waals surface area contributed by atoms with E-state index in [0.717, 1.165) is 11.1 Å². The number of carbonyl (C=O) groups excluding carboxylic acids is 1. The standard InChI is InChI=1S/C22H21F3N2O2/c23-17-6-13(5-15(8-17)19-9-22(19,24)25)11-27-3-4-29-20(12-27)14-1-2-18-16(7-14)10-26-21(18)28/h1-2,5-8,19-20H,3-4,9-12H2,(H,26,28). The van der Waals surface area contributed by atoms with E-state index in [1.54, 1.807) is 6.07 Å². The summed E-state index contributed by atoms with van der Waals surface area (Å²) in [4.78, 5) is 13.9. The fraction of sp³-hybridized carbons (Fsp3) is 0.409. The third-order valence-corrected chi connectivity index (χ3v) is 5.95. The lowest BCUT2D eigenvalue weighted by Gasteiger charge is -2.33. The van der Waals surface area contributed by atoms with Gasteiger partial charge in [-0.2, -0.15) is 0 Å². The van der Waals surface area contributed by atoms with E-state index >= 15 is 0 Å². The molecule has 2 unspecified atom stereocenters. The summed E-state index contributed by atoms with van der Waals surface area (Å²) >= 11 is 0. The lowest BCUT2D eigenvalue weighted by molar-refractivity contribution is -0.0329. The molecule has 2 fully saturated rings. The van der Waals surface area contributed by atoms with Gasteiger partial charge < -0.3 is 10.1 Å². The molecule has 1 saturated carbocycles. The van der Waals surface area contributed by atoms with Gasteiger partial charge in [0.25, 0.3) is 11.8 Å². The third-order valence-electron chi connectivity index (χ3n) is 5.95. The highest BCUT2D eigenvalue weighted by Crippen LogP contribution is 2.55. The Morgan fingerprint density at radius 1 is 1.17 bits per heavy atom. The van der Waals surface area contributed by atoms with Gasteiger partial charge in [-0.3, -0.25) is 9.69 Å². The van der Waals surface area contributed by atoms with E-state index in [0.29, 0.717) is 49.5 Å². The van der Waals surface area contributed by atoms with Crippen molar-refractivity contribution >= 4 is 5.91 Å². The second-order valence-corrected chi connectivity index (χ2v) is 8.10. The van der Waals surface area contributed by atoms with Gasteiger partial charge in [0.05, 0.1) is 18.6 Å². The minimum atomic E-state index is -2.71. The zero-order valence-electron chi connectivity index (χ0n) is 15.8. The molecule has 0 aromatic heterocycles. The van der Waals surface area contributed by atoms with Gasteiger partial charge in [0.1, 0.15) is 5.82 Å². The number of ether oxygens (including phenoxy) is 1. The van der Waals surface area contributed by atoms with Crippen molar-refractivity contribution in [2.24, 2.45) is 0 Å². The second-order valence-electron chi connectivity index (χ2n) is 8.10. The number of halogens is 3. The normalized spacial score (nSPS) is 25.6. The van der Waals surface area contributed by atoms with Crippen molar-refractivity contribution in [2.45, 2.75) is 37.5 Å². The van der Waals surface area contributed by atoms with Gasteiger partial charge in [0.15, 0.2) is 0 Å². The van der Waals surface area contributed by atoms with Crippen LogP contribution in [-0.4, -0.2) is 36.4 Å². The Balaban J connectivity index is 1.30.